The van der Waals surface area contributed by atoms with Crippen LogP contribution in [0.1, 0.15) is 0 Å². The first-order chi connectivity index (χ1) is 17.7. The van der Waals surface area contributed by atoms with E-state index in [0.29, 0.717) is 0 Å². The van der Waals surface area contributed by atoms with Gasteiger partial charge >= 0.3 is 0 Å². The maximum Gasteiger partial charge on any atom is 0.145 e. The SMILES string of the molecule is Brc1cc(Br)c2c(c1)c1ccccc1n2-c1cccc(-c2nc3ccccc3n2-c2ccccc2)c1. The Hall–Kier alpha value is -3.67. The Labute approximate surface area is 224 Å². The molecule has 0 fully saturated rings. The molecule has 7 rings (SSSR count). The van der Waals surface area contributed by atoms with Gasteiger partial charge in [-0.05, 0) is 70.5 Å². The van der Waals surface area contributed by atoms with Crippen LogP contribution < -0.4 is 0 Å². The molecular formula is C31H19Br2N3. The molecule has 0 N–H and O–H groups in total. The molecule has 36 heavy (non-hydrogen) atoms. The third-order valence-electron chi connectivity index (χ3n) is 6.62. The third kappa shape index (κ3) is 3.34. The first-order valence-corrected chi connectivity index (χ1v) is 13.3. The van der Waals surface area contributed by atoms with E-state index in [9.17, 15) is 0 Å². The third-order valence-corrected chi connectivity index (χ3v) is 7.69. The zero-order valence-corrected chi connectivity index (χ0v) is 22.2. The molecule has 172 valence electrons. The van der Waals surface area contributed by atoms with Crippen molar-refractivity contribution in [1.29, 1.82) is 0 Å². The molecule has 0 unspecified atom stereocenters. The molecule has 0 atom stereocenters. The highest BCUT2D eigenvalue weighted by atomic mass is 79.9. The molecule has 0 bridgehead atoms. The van der Waals surface area contributed by atoms with Gasteiger partial charge in [0.15, 0.2) is 0 Å². The number of imidazole rings is 1. The predicted molar refractivity (Wildman–Crippen MR) is 156 cm³/mol. The van der Waals surface area contributed by atoms with E-state index in [4.69, 9.17) is 4.98 Å². The molecular weight excluding hydrogens is 574 g/mol. The van der Waals surface area contributed by atoms with Crippen LogP contribution in [-0.2, 0) is 0 Å². The van der Waals surface area contributed by atoms with Gasteiger partial charge < -0.3 is 4.57 Å². The molecule has 5 aromatic carbocycles. The summed E-state index contributed by atoms with van der Waals surface area (Å²) in [5.41, 5.74) is 7.63. The first-order valence-electron chi connectivity index (χ1n) is 11.7. The number of para-hydroxylation sites is 4. The summed E-state index contributed by atoms with van der Waals surface area (Å²) < 4.78 is 6.67. The van der Waals surface area contributed by atoms with E-state index >= 15 is 0 Å². The summed E-state index contributed by atoms with van der Waals surface area (Å²) in [4.78, 5) is 5.07. The van der Waals surface area contributed by atoms with Crippen LogP contribution in [0.3, 0.4) is 0 Å². The van der Waals surface area contributed by atoms with Gasteiger partial charge in [-0.2, -0.15) is 0 Å². The lowest BCUT2D eigenvalue weighted by Crippen LogP contribution is -1.99. The number of hydrogen-bond donors (Lipinski definition) is 0. The Morgan fingerprint density at radius 1 is 0.556 bits per heavy atom. The number of fused-ring (bicyclic) bond motifs is 4. The molecule has 5 heteroatoms. The smallest absolute Gasteiger partial charge is 0.145 e. The van der Waals surface area contributed by atoms with E-state index in [-0.39, 0.29) is 0 Å². The van der Waals surface area contributed by atoms with E-state index < -0.39 is 0 Å². The fourth-order valence-corrected chi connectivity index (χ4v) is 6.53. The van der Waals surface area contributed by atoms with Gasteiger partial charge in [0, 0.05) is 36.7 Å². The fourth-order valence-electron chi connectivity index (χ4n) is 5.13. The van der Waals surface area contributed by atoms with Crippen molar-refractivity contribution >= 4 is 64.7 Å². The molecule has 0 aliphatic rings. The lowest BCUT2D eigenvalue weighted by molar-refractivity contribution is 1.10. The average Bonchev–Trinajstić information content (AvgIpc) is 3.46. The van der Waals surface area contributed by atoms with E-state index in [1.54, 1.807) is 0 Å². The van der Waals surface area contributed by atoms with Crippen molar-refractivity contribution in [2.75, 3.05) is 0 Å². The quantitative estimate of drug-likeness (QED) is 0.200. The predicted octanol–water partition coefficient (Wildman–Crippen LogP) is 9.31. The topological polar surface area (TPSA) is 22.8 Å². The van der Waals surface area contributed by atoms with Gasteiger partial charge in [-0.3, -0.25) is 4.57 Å². The number of rotatable bonds is 3. The maximum atomic E-state index is 5.07. The molecule has 2 heterocycles. The summed E-state index contributed by atoms with van der Waals surface area (Å²) in [7, 11) is 0. The lowest BCUT2D eigenvalue weighted by atomic mass is 10.1. The lowest BCUT2D eigenvalue weighted by Gasteiger charge is -2.13. The summed E-state index contributed by atoms with van der Waals surface area (Å²) in [5, 5.41) is 2.42. The van der Waals surface area contributed by atoms with Crippen LogP contribution in [0.2, 0.25) is 0 Å². The number of aromatic nitrogens is 3. The molecule has 3 nitrogen and oxygen atoms in total. The number of nitrogens with zero attached hydrogens (tertiary/aromatic N) is 3. The average molecular weight is 593 g/mol. The Bertz CT molecular complexity index is 1920. The van der Waals surface area contributed by atoms with E-state index in [1.807, 2.05) is 12.1 Å². The van der Waals surface area contributed by atoms with Crippen LogP contribution in [0.4, 0.5) is 0 Å². The van der Waals surface area contributed by atoms with Crippen molar-refractivity contribution in [1.82, 2.24) is 14.1 Å². The van der Waals surface area contributed by atoms with Crippen LogP contribution in [0, 0.1) is 0 Å². The molecule has 0 spiro atoms. The minimum atomic E-state index is 0.923. The minimum Gasteiger partial charge on any atom is -0.308 e. The molecule has 0 saturated carbocycles. The summed E-state index contributed by atoms with van der Waals surface area (Å²) in [5.74, 6) is 0.923. The normalized spacial score (nSPS) is 11.6. The van der Waals surface area contributed by atoms with Crippen LogP contribution in [-0.4, -0.2) is 14.1 Å². The summed E-state index contributed by atoms with van der Waals surface area (Å²) in [6, 6.07) is 40.3. The molecule has 0 amide bonds. The fraction of sp³-hybridized carbons (Fsp3) is 0. The largest absolute Gasteiger partial charge is 0.308 e. The second-order valence-corrected chi connectivity index (χ2v) is 10.6. The minimum absolute atomic E-state index is 0.923. The van der Waals surface area contributed by atoms with Gasteiger partial charge in [-0.15, -0.1) is 0 Å². The van der Waals surface area contributed by atoms with Crippen LogP contribution in [0.25, 0.3) is 55.6 Å². The highest BCUT2D eigenvalue weighted by Gasteiger charge is 2.18. The number of benzene rings is 5. The van der Waals surface area contributed by atoms with Gasteiger partial charge in [0.2, 0.25) is 0 Å². The van der Waals surface area contributed by atoms with Crippen LogP contribution >= 0.6 is 31.9 Å². The Morgan fingerprint density at radius 2 is 1.28 bits per heavy atom. The molecule has 2 aromatic heterocycles. The van der Waals surface area contributed by atoms with Crippen molar-refractivity contribution in [3.05, 3.63) is 124 Å². The van der Waals surface area contributed by atoms with Crippen molar-refractivity contribution in [2.24, 2.45) is 0 Å². The zero-order valence-electron chi connectivity index (χ0n) is 19.1. The van der Waals surface area contributed by atoms with Gasteiger partial charge in [0.25, 0.3) is 0 Å². The highest BCUT2D eigenvalue weighted by Crippen LogP contribution is 2.39. The van der Waals surface area contributed by atoms with Crippen molar-refractivity contribution in [2.45, 2.75) is 0 Å². The molecule has 0 radical (unpaired) electrons. The number of hydrogen-bond acceptors (Lipinski definition) is 1. The molecule has 7 aromatic rings. The Kier molecular flexibility index (Phi) is 5.08. The molecule has 0 saturated heterocycles. The summed E-state index contributed by atoms with van der Waals surface area (Å²) in [6.07, 6.45) is 0. The van der Waals surface area contributed by atoms with Crippen LogP contribution in [0.15, 0.2) is 124 Å². The number of halogens is 2. The summed E-state index contributed by atoms with van der Waals surface area (Å²) >= 11 is 7.51. The Balaban J connectivity index is 1.52. The van der Waals surface area contributed by atoms with Gasteiger partial charge in [-0.25, -0.2) is 4.98 Å². The van der Waals surface area contributed by atoms with E-state index in [1.165, 1.54) is 16.3 Å². The van der Waals surface area contributed by atoms with E-state index in [2.05, 4.69) is 144 Å². The van der Waals surface area contributed by atoms with Crippen molar-refractivity contribution in [3.8, 4) is 22.8 Å². The zero-order chi connectivity index (χ0) is 24.2. The van der Waals surface area contributed by atoms with Crippen LogP contribution in [0.5, 0.6) is 0 Å². The van der Waals surface area contributed by atoms with Gasteiger partial charge in [0.1, 0.15) is 5.82 Å². The van der Waals surface area contributed by atoms with Crippen molar-refractivity contribution in [3.63, 3.8) is 0 Å². The van der Waals surface area contributed by atoms with Crippen molar-refractivity contribution < 1.29 is 0 Å². The molecule has 0 aliphatic carbocycles. The standard InChI is InChI=1S/C31H19Br2N3/c32-21-18-25-24-13-4-6-15-28(24)35(30(25)26(33)19-21)23-12-8-9-20(17-23)31-34-27-14-5-7-16-29(27)36(31)22-10-2-1-3-11-22/h1-19H. The monoisotopic (exact) mass is 591 g/mol. The van der Waals surface area contributed by atoms with Gasteiger partial charge in [-0.1, -0.05) is 76.6 Å². The highest BCUT2D eigenvalue weighted by molar-refractivity contribution is 9.11. The summed E-state index contributed by atoms with van der Waals surface area (Å²) in [6.45, 7) is 0. The van der Waals surface area contributed by atoms with E-state index in [0.717, 1.165) is 48.3 Å². The van der Waals surface area contributed by atoms with Gasteiger partial charge in [0.05, 0.1) is 22.1 Å². The second kappa shape index (κ2) is 8.47. The maximum absolute atomic E-state index is 5.07. The Morgan fingerprint density at radius 3 is 2.14 bits per heavy atom. The molecule has 0 aliphatic heterocycles. The second-order valence-electron chi connectivity index (χ2n) is 8.78. The first kappa shape index (κ1) is 21.6.